The van der Waals surface area contributed by atoms with Gasteiger partial charge in [0, 0.05) is 23.6 Å². The Bertz CT molecular complexity index is 1240. The summed E-state index contributed by atoms with van der Waals surface area (Å²) < 4.78 is 12.1. The summed E-state index contributed by atoms with van der Waals surface area (Å²) in [6.45, 7) is 0.608. The van der Waals surface area contributed by atoms with Gasteiger partial charge in [-0.15, -0.1) is 0 Å². The van der Waals surface area contributed by atoms with Crippen LogP contribution in [0.4, 0.5) is 5.69 Å². The number of fused-ring (bicyclic) bond motifs is 1. The third-order valence-electron chi connectivity index (χ3n) is 5.13. The first-order chi connectivity index (χ1) is 15.1. The average molecular weight is 414 g/mol. The van der Waals surface area contributed by atoms with E-state index >= 15 is 0 Å². The van der Waals surface area contributed by atoms with E-state index in [4.69, 9.17) is 9.47 Å². The number of rotatable bonds is 6. The van der Waals surface area contributed by atoms with Crippen molar-refractivity contribution < 1.29 is 19.1 Å². The average Bonchev–Trinajstić information content (AvgIpc) is 3.18. The van der Waals surface area contributed by atoms with Crippen LogP contribution in [0.15, 0.2) is 79.0 Å². The smallest absolute Gasteiger partial charge is 0.339 e. The number of hydrogen-bond donors (Lipinski definition) is 1. The van der Waals surface area contributed by atoms with Crippen molar-refractivity contribution in [2.24, 2.45) is 0 Å². The van der Waals surface area contributed by atoms with Crippen LogP contribution in [0.5, 0.6) is 5.75 Å². The fourth-order valence-electron chi connectivity index (χ4n) is 3.56. The van der Waals surface area contributed by atoms with Gasteiger partial charge in [-0.3, -0.25) is 4.79 Å². The number of nitrogens with one attached hydrogen (secondary N) is 1. The number of carbonyl (C=O) groups excluding carboxylic acids is 2. The van der Waals surface area contributed by atoms with Gasteiger partial charge in [-0.05, 0) is 35.9 Å². The minimum absolute atomic E-state index is 0.291. The monoisotopic (exact) mass is 414 g/mol. The zero-order valence-corrected chi connectivity index (χ0v) is 17.3. The summed E-state index contributed by atoms with van der Waals surface area (Å²) in [4.78, 5) is 25.2. The second-order valence-corrected chi connectivity index (χ2v) is 7.03. The molecule has 0 saturated carbocycles. The van der Waals surface area contributed by atoms with E-state index in [1.165, 1.54) is 7.11 Å². The predicted molar refractivity (Wildman–Crippen MR) is 120 cm³/mol. The lowest BCUT2D eigenvalue weighted by Gasteiger charge is -2.09. The Labute approximate surface area is 180 Å². The van der Waals surface area contributed by atoms with Crippen LogP contribution in [0.2, 0.25) is 0 Å². The Morgan fingerprint density at radius 3 is 2.32 bits per heavy atom. The van der Waals surface area contributed by atoms with Gasteiger partial charge in [0.1, 0.15) is 5.75 Å². The predicted octanol–water partition coefficient (Wildman–Crippen LogP) is 4.74. The van der Waals surface area contributed by atoms with E-state index in [9.17, 15) is 9.59 Å². The topological polar surface area (TPSA) is 69.6 Å². The van der Waals surface area contributed by atoms with Crippen LogP contribution in [-0.2, 0) is 11.3 Å². The Hall–Kier alpha value is -4.06. The van der Waals surface area contributed by atoms with Crippen molar-refractivity contribution in [2.45, 2.75) is 6.54 Å². The number of esters is 1. The zero-order chi connectivity index (χ0) is 21.8. The molecule has 0 atom stereocenters. The van der Waals surface area contributed by atoms with Gasteiger partial charge in [0.25, 0.3) is 5.91 Å². The molecule has 1 heterocycles. The summed E-state index contributed by atoms with van der Waals surface area (Å²) in [6, 6.07) is 22.4. The molecule has 0 aliphatic carbocycles. The van der Waals surface area contributed by atoms with E-state index < -0.39 is 5.97 Å². The molecule has 1 N–H and O–H groups in total. The second-order valence-electron chi connectivity index (χ2n) is 7.03. The van der Waals surface area contributed by atoms with Crippen LogP contribution in [0.3, 0.4) is 0 Å². The number of para-hydroxylation sites is 2. The zero-order valence-electron chi connectivity index (χ0n) is 17.3. The summed E-state index contributed by atoms with van der Waals surface area (Å²) in [6.07, 6.45) is 1.84. The number of aromatic nitrogens is 1. The normalized spacial score (nSPS) is 10.6. The number of amides is 1. The SMILES string of the molecule is COC(=O)c1ccccc1NC(=O)c1cn(Cc2ccc(OC)cc2)c2ccccc12. The van der Waals surface area contributed by atoms with Gasteiger partial charge in [-0.1, -0.05) is 42.5 Å². The summed E-state index contributed by atoms with van der Waals surface area (Å²) >= 11 is 0. The number of nitrogens with zero attached hydrogens (tertiary/aromatic N) is 1. The maximum absolute atomic E-state index is 13.1. The van der Waals surface area contributed by atoms with Crippen LogP contribution in [0.25, 0.3) is 10.9 Å². The van der Waals surface area contributed by atoms with Crippen molar-refractivity contribution in [3.63, 3.8) is 0 Å². The molecular weight excluding hydrogens is 392 g/mol. The maximum Gasteiger partial charge on any atom is 0.339 e. The molecule has 4 aromatic rings. The van der Waals surface area contributed by atoms with Crippen LogP contribution in [-0.4, -0.2) is 30.7 Å². The molecule has 0 radical (unpaired) electrons. The highest BCUT2D eigenvalue weighted by molar-refractivity contribution is 6.14. The van der Waals surface area contributed by atoms with Gasteiger partial charge >= 0.3 is 5.97 Å². The Balaban J connectivity index is 1.67. The molecule has 0 aliphatic heterocycles. The quantitative estimate of drug-likeness (QED) is 0.463. The maximum atomic E-state index is 13.1. The minimum Gasteiger partial charge on any atom is -0.497 e. The molecule has 0 bridgehead atoms. The Morgan fingerprint density at radius 1 is 0.871 bits per heavy atom. The third-order valence-corrected chi connectivity index (χ3v) is 5.13. The van der Waals surface area contributed by atoms with Gasteiger partial charge in [-0.25, -0.2) is 4.79 Å². The third kappa shape index (κ3) is 4.14. The molecule has 6 nitrogen and oxygen atoms in total. The van der Waals surface area contributed by atoms with Gasteiger partial charge < -0.3 is 19.4 Å². The lowest BCUT2D eigenvalue weighted by atomic mass is 10.1. The first kappa shape index (κ1) is 20.2. The Kier molecular flexibility index (Phi) is 5.71. The number of ether oxygens (including phenoxy) is 2. The molecule has 0 fully saturated rings. The van der Waals surface area contributed by atoms with Crippen LogP contribution in [0, 0.1) is 0 Å². The fraction of sp³-hybridized carbons (Fsp3) is 0.120. The molecule has 0 spiro atoms. The highest BCUT2D eigenvalue weighted by atomic mass is 16.5. The van der Waals surface area contributed by atoms with Crippen molar-refractivity contribution in [3.05, 3.63) is 95.7 Å². The van der Waals surface area contributed by atoms with Crippen molar-refractivity contribution >= 4 is 28.5 Å². The largest absolute Gasteiger partial charge is 0.497 e. The molecular formula is C25H22N2O4. The van der Waals surface area contributed by atoms with E-state index in [2.05, 4.69) is 5.32 Å². The highest BCUT2D eigenvalue weighted by Gasteiger charge is 2.18. The van der Waals surface area contributed by atoms with Crippen molar-refractivity contribution in [3.8, 4) is 5.75 Å². The van der Waals surface area contributed by atoms with E-state index in [0.717, 1.165) is 22.2 Å². The molecule has 0 unspecified atom stereocenters. The number of anilines is 1. The van der Waals surface area contributed by atoms with E-state index in [1.54, 1.807) is 31.4 Å². The second kappa shape index (κ2) is 8.75. The van der Waals surface area contributed by atoms with Gasteiger partial charge in [0.05, 0.1) is 31.0 Å². The molecule has 3 aromatic carbocycles. The summed E-state index contributed by atoms with van der Waals surface area (Å²) in [5.74, 6) is 0.00400. The number of hydrogen-bond acceptors (Lipinski definition) is 4. The molecule has 0 saturated heterocycles. The van der Waals surface area contributed by atoms with Crippen molar-refractivity contribution in [1.82, 2.24) is 4.57 Å². The number of benzene rings is 3. The number of methoxy groups -OCH3 is 2. The van der Waals surface area contributed by atoms with Crippen LogP contribution in [0.1, 0.15) is 26.3 Å². The summed E-state index contributed by atoms with van der Waals surface area (Å²) in [5.41, 5.74) is 3.28. The molecule has 4 rings (SSSR count). The molecule has 31 heavy (non-hydrogen) atoms. The van der Waals surface area contributed by atoms with Crippen LogP contribution >= 0.6 is 0 Å². The first-order valence-electron chi connectivity index (χ1n) is 9.80. The van der Waals surface area contributed by atoms with Crippen molar-refractivity contribution in [2.75, 3.05) is 19.5 Å². The lowest BCUT2D eigenvalue weighted by Crippen LogP contribution is -2.15. The molecule has 1 amide bonds. The minimum atomic E-state index is -0.502. The van der Waals surface area contributed by atoms with E-state index in [1.807, 2.05) is 59.3 Å². The van der Waals surface area contributed by atoms with Gasteiger partial charge in [-0.2, -0.15) is 0 Å². The van der Waals surface area contributed by atoms with Crippen LogP contribution < -0.4 is 10.1 Å². The first-order valence-corrected chi connectivity index (χ1v) is 9.80. The number of carbonyl (C=O) groups is 2. The van der Waals surface area contributed by atoms with E-state index in [0.29, 0.717) is 23.4 Å². The molecule has 1 aromatic heterocycles. The fourth-order valence-corrected chi connectivity index (χ4v) is 3.56. The van der Waals surface area contributed by atoms with Crippen molar-refractivity contribution in [1.29, 1.82) is 0 Å². The molecule has 6 heteroatoms. The van der Waals surface area contributed by atoms with Gasteiger partial charge in [0.2, 0.25) is 0 Å². The molecule has 0 aliphatic rings. The van der Waals surface area contributed by atoms with E-state index in [-0.39, 0.29) is 5.91 Å². The summed E-state index contributed by atoms with van der Waals surface area (Å²) in [7, 11) is 2.95. The lowest BCUT2D eigenvalue weighted by molar-refractivity contribution is 0.0602. The highest BCUT2D eigenvalue weighted by Crippen LogP contribution is 2.25. The summed E-state index contributed by atoms with van der Waals surface area (Å²) in [5, 5.41) is 3.69. The Morgan fingerprint density at radius 2 is 1.58 bits per heavy atom. The standard InChI is InChI=1S/C25H22N2O4/c1-30-18-13-11-17(12-14-18)15-27-16-21(19-7-4-6-10-23(19)27)24(28)26-22-9-5-3-8-20(22)25(29)31-2/h3-14,16H,15H2,1-2H3,(H,26,28). The molecule has 156 valence electrons. The van der Waals surface area contributed by atoms with Gasteiger partial charge in [0.15, 0.2) is 0 Å².